The van der Waals surface area contributed by atoms with Gasteiger partial charge in [-0.3, -0.25) is 4.79 Å². The molecule has 2 heterocycles. The summed E-state index contributed by atoms with van der Waals surface area (Å²) in [5.74, 6) is 0.767. The third-order valence-electron chi connectivity index (χ3n) is 3.46. The second kappa shape index (κ2) is 6.61. The fourth-order valence-corrected chi connectivity index (χ4v) is 2.45. The molecule has 1 aromatic rings. The molecule has 1 N–H and O–H groups in total. The molecular formula is C14H21N3O2. The van der Waals surface area contributed by atoms with Gasteiger partial charge in [0, 0.05) is 12.8 Å². The first kappa shape index (κ1) is 13.9. The second-order valence-corrected chi connectivity index (χ2v) is 4.88. The number of carbonyl (C=O) groups is 1. The number of carbonyl (C=O) groups excluding carboxylic acids is 1. The Bertz CT molecular complexity index is 436. The van der Waals surface area contributed by atoms with Crippen molar-refractivity contribution in [3.05, 3.63) is 23.8 Å². The Morgan fingerprint density at radius 3 is 3.16 bits per heavy atom. The van der Waals surface area contributed by atoms with Crippen LogP contribution in [0.1, 0.15) is 37.7 Å². The first-order chi connectivity index (χ1) is 9.20. The largest absolute Gasteiger partial charge is 0.377 e. The lowest BCUT2D eigenvalue weighted by Crippen LogP contribution is -2.41. The maximum atomic E-state index is 12.2. The third-order valence-corrected chi connectivity index (χ3v) is 3.46. The smallest absolute Gasteiger partial charge is 0.226 e. The molecule has 1 aliphatic rings. The summed E-state index contributed by atoms with van der Waals surface area (Å²) in [6.07, 6.45) is 4.52. The molecule has 0 bridgehead atoms. The van der Waals surface area contributed by atoms with E-state index in [1.54, 1.807) is 6.20 Å². The Hall–Kier alpha value is -1.49. The third kappa shape index (κ3) is 3.73. The Morgan fingerprint density at radius 1 is 1.58 bits per heavy atom. The van der Waals surface area contributed by atoms with Crippen molar-refractivity contribution in [2.75, 3.05) is 6.61 Å². The predicted octanol–water partition coefficient (Wildman–Crippen LogP) is 1.61. The van der Waals surface area contributed by atoms with E-state index < -0.39 is 0 Å². The molecule has 2 rings (SSSR count). The summed E-state index contributed by atoms with van der Waals surface area (Å²) in [6.45, 7) is 5.12. The van der Waals surface area contributed by atoms with Crippen LogP contribution in [0, 0.1) is 12.8 Å². The van der Waals surface area contributed by atoms with E-state index in [4.69, 9.17) is 4.74 Å². The zero-order valence-electron chi connectivity index (χ0n) is 11.6. The molecule has 1 saturated heterocycles. The summed E-state index contributed by atoms with van der Waals surface area (Å²) in [4.78, 5) is 20.5. The van der Waals surface area contributed by atoms with Gasteiger partial charge in [0.15, 0.2) is 0 Å². The lowest BCUT2D eigenvalue weighted by atomic mass is 9.92. The van der Waals surface area contributed by atoms with Gasteiger partial charge >= 0.3 is 0 Å². The van der Waals surface area contributed by atoms with Crippen molar-refractivity contribution in [2.45, 2.75) is 45.8 Å². The summed E-state index contributed by atoms with van der Waals surface area (Å²) in [5, 5.41) is 2.95. The number of nitrogens with one attached hydrogen (secondary N) is 1. The predicted molar refractivity (Wildman–Crippen MR) is 71.4 cm³/mol. The van der Waals surface area contributed by atoms with Crippen molar-refractivity contribution >= 4 is 5.91 Å². The molecule has 2 atom stereocenters. The molecule has 1 aliphatic heterocycles. The number of nitrogens with zero attached hydrogens (tertiary/aromatic N) is 2. The molecule has 0 saturated carbocycles. The van der Waals surface area contributed by atoms with E-state index in [2.05, 4.69) is 22.2 Å². The van der Waals surface area contributed by atoms with Gasteiger partial charge in [0.1, 0.15) is 5.82 Å². The molecule has 0 aliphatic carbocycles. The van der Waals surface area contributed by atoms with Gasteiger partial charge in [-0.15, -0.1) is 0 Å². The van der Waals surface area contributed by atoms with E-state index in [-0.39, 0.29) is 17.9 Å². The minimum absolute atomic E-state index is 0.0262. The number of hydrogen-bond acceptors (Lipinski definition) is 4. The number of aromatic nitrogens is 2. The topological polar surface area (TPSA) is 64.1 Å². The minimum Gasteiger partial charge on any atom is -0.377 e. The van der Waals surface area contributed by atoms with E-state index in [9.17, 15) is 4.79 Å². The normalized spacial score (nSPS) is 23.1. The Morgan fingerprint density at radius 2 is 2.42 bits per heavy atom. The monoisotopic (exact) mass is 263 g/mol. The molecular weight excluding hydrogens is 242 g/mol. The maximum Gasteiger partial charge on any atom is 0.226 e. The first-order valence-electron chi connectivity index (χ1n) is 6.88. The molecule has 104 valence electrons. The number of aryl methyl sites for hydroxylation is 1. The highest BCUT2D eigenvalue weighted by molar-refractivity contribution is 5.79. The van der Waals surface area contributed by atoms with Crippen LogP contribution in [0.3, 0.4) is 0 Å². The molecule has 5 nitrogen and oxygen atoms in total. The standard InChI is InChI=1S/C14H21N3O2/c1-3-13-12(5-4-8-19-13)14(18)16-9-11-6-7-15-10(2)17-11/h6-7,12-13H,3-5,8-9H2,1-2H3,(H,16,18)/t12-,13-/m0/s1. The van der Waals surface area contributed by atoms with Crippen LogP contribution < -0.4 is 5.32 Å². The molecule has 0 unspecified atom stereocenters. The lowest BCUT2D eigenvalue weighted by molar-refractivity contribution is -0.134. The molecule has 5 heteroatoms. The molecule has 1 fully saturated rings. The fourth-order valence-electron chi connectivity index (χ4n) is 2.45. The van der Waals surface area contributed by atoms with Gasteiger partial charge in [0.25, 0.3) is 0 Å². The average Bonchev–Trinajstić information content (AvgIpc) is 2.45. The van der Waals surface area contributed by atoms with E-state index in [1.165, 1.54) is 0 Å². The van der Waals surface area contributed by atoms with Crippen LogP contribution in [0.4, 0.5) is 0 Å². The number of amides is 1. The van der Waals surface area contributed by atoms with Crippen LogP contribution in [0.25, 0.3) is 0 Å². The van der Waals surface area contributed by atoms with Crippen LogP contribution in [0.15, 0.2) is 12.3 Å². The highest BCUT2D eigenvalue weighted by atomic mass is 16.5. The Balaban J connectivity index is 1.89. The van der Waals surface area contributed by atoms with Crippen LogP contribution in [0.2, 0.25) is 0 Å². The van der Waals surface area contributed by atoms with Crippen molar-refractivity contribution in [3.63, 3.8) is 0 Å². The van der Waals surface area contributed by atoms with Crippen molar-refractivity contribution in [3.8, 4) is 0 Å². The molecule has 0 spiro atoms. The molecule has 1 amide bonds. The summed E-state index contributed by atoms with van der Waals surface area (Å²) < 4.78 is 5.65. The van der Waals surface area contributed by atoms with Gasteiger partial charge in [-0.25, -0.2) is 9.97 Å². The van der Waals surface area contributed by atoms with Crippen LogP contribution in [-0.4, -0.2) is 28.6 Å². The van der Waals surface area contributed by atoms with Crippen molar-refractivity contribution in [1.82, 2.24) is 15.3 Å². The Labute approximate surface area is 113 Å². The molecule has 1 aromatic heterocycles. The van der Waals surface area contributed by atoms with Gasteiger partial charge in [0.05, 0.1) is 24.3 Å². The van der Waals surface area contributed by atoms with Crippen molar-refractivity contribution < 1.29 is 9.53 Å². The van der Waals surface area contributed by atoms with E-state index >= 15 is 0 Å². The van der Waals surface area contributed by atoms with E-state index in [0.29, 0.717) is 6.54 Å². The summed E-state index contributed by atoms with van der Waals surface area (Å²) in [7, 11) is 0. The van der Waals surface area contributed by atoms with Gasteiger partial charge in [-0.05, 0) is 32.3 Å². The maximum absolute atomic E-state index is 12.2. The van der Waals surface area contributed by atoms with Crippen molar-refractivity contribution in [1.29, 1.82) is 0 Å². The minimum atomic E-state index is -0.0262. The molecule has 19 heavy (non-hydrogen) atoms. The van der Waals surface area contributed by atoms with Gasteiger partial charge < -0.3 is 10.1 Å². The van der Waals surface area contributed by atoms with Gasteiger partial charge in [-0.1, -0.05) is 6.92 Å². The second-order valence-electron chi connectivity index (χ2n) is 4.88. The molecule has 0 aromatic carbocycles. The zero-order chi connectivity index (χ0) is 13.7. The number of rotatable bonds is 4. The summed E-state index contributed by atoms with van der Waals surface area (Å²) >= 11 is 0. The highest BCUT2D eigenvalue weighted by Crippen LogP contribution is 2.23. The van der Waals surface area contributed by atoms with Crippen molar-refractivity contribution in [2.24, 2.45) is 5.92 Å². The number of ether oxygens (including phenoxy) is 1. The summed E-state index contributed by atoms with van der Waals surface area (Å²) in [5.41, 5.74) is 0.839. The fraction of sp³-hybridized carbons (Fsp3) is 0.643. The summed E-state index contributed by atoms with van der Waals surface area (Å²) in [6, 6.07) is 1.82. The SMILES string of the molecule is CC[C@@H]1OCCC[C@@H]1C(=O)NCc1ccnc(C)n1. The van der Waals surface area contributed by atoms with E-state index in [0.717, 1.165) is 37.4 Å². The van der Waals surface area contributed by atoms with Crippen LogP contribution in [0.5, 0.6) is 0 Å². The molecule has 0 radical (unpaired) electrons. The van der Waals surface area contributed by atoms with Gasteiger partial charge in [-0.2, -0.15) is 0 Å². The van der Waals surface area contributed by atoms with Gasteiger partial charge in [0.2, 0.25) is 5.91 Å². The Kier molecular flexibility index (Phi) is 4.85. The van der Waals surface area contributed by atoms with Crippen LogP contribution in [-0.2, 0) is 16.1 Å². The zero-order valence-corrected chi connectivity index (χ0v) is 11.6. The lowest BCUT2D eigenvalue weighted by Gasteiger charge is -2.30. The van der Waals surface area contributed by atoms with Crippen LogP contribution >= 0.6 is 0 Å². The number of hydrogen-bond donors (Lipinski definition) is 1. The van der Waals surface area contributed by atoms with E-state index in [1.807, 2.05) is 13.0 Å². The quantitative estimate of drug-likeness (QED) is 0.896. The average molecular weight is 263 g/mol. The first-order valence-corrected chi connectivity index (χ1v) is 6.88. The highest BCUT2D eigenvalue weighted by Gasteiger charge is 2.30.